The minimum Gasteiger partial charge on any atom is -0.490 e. The number of carbonyl (C=O) groups excluding carboxylic acids is 1. The molecule has 0 radical (unpaired) electrons. The van der Waals surface area contributed by atoms with Crippen LogP contribution in [0.1, 0.15) is 29.8 Å². The van der Waals surface area contributed by atoms with Gasteiger partial charge in [0.2, 0.25) is 0 Å². The Labute approximate surface area is 175 Å². The number of nitrogens with zero attached hydrogens (tertiary/aromatic N) is 2. The number of anilines is 1. The smallest absolute Gasteiger partial charge is 0.311 e. The van der Waals surface area contributed by atoms with Gasteiger partial charge in [0.25, 0.3) is 5.91 Å². The topological polar surface area (TPSA) is 96.7 Å². The van der Waals surface area contributed by atoms with Crippen LogP contribution in [0.15, 0.2) is 42.5 Å². The third-order valence-corrected chi connectivity index (χ3v) is 4.58. The number of ether oxygens (including phenoxy) is 1. The van der Waals surface area contributed by atoms with Crippen LogP contribution in [0.4, 0.5) is 11.4 Å². The van der Waals surface area contributed by atoms with E-state index < -0.39 is 10.8 Å². The Hall–Kier alpha value is -3.04. The van der Waals surface area contributed by atoms with E-state index in [0.717, 1.165) is 31.4 Å². The average Bonchev–Trinajstić information content (AvgIpc) is 2.72. The molecule has 0 aliphatic heterocycles. The fourth-order valence-corrected chi connectivity index (χ4v) is 2.92. The van der Waals surface area contributed by atoms with E-state index in [9.17, 15) is 14.9 Å². The maximum absolute atomic E-state index is 12.4. The summed E-state index contributed by atoms with van der Waals surface area (Å²) in [5.74, 6) is -0.469. The number of methoxy groups -OCH3 is 1. The standard InChI is InChI=1S/C20H24N4O4S/c1-4-23(5-2)13-14-6-9-16(10-7-14)21-20(29)22-19(25)15-8-11-18(28-3)17(12-15)24(26)27/h6-12H,4-5,13H2,1-3H3,(H2,21,22,25,29). The van der Waals surface area contributed by atoms with Crippen molar-refractivity contribution in [1.29, 1.82) is 0 Å². The first kappa shape index (κ1) is 22.3. The largest absolute Gasteiger partial charge is 0.490 e. The second-order valence-corrected chi connectivity index (χ2v) is 6.62. The van der Waals surface area contributed by atoms with E-state index in [2.05, 4.69) is 29.4 Å². The molecule has 2 rings (SSSR count). The summed E-state index contributed by atoms with van der Waals surface area (Å²) in [7, 11) is 1.33. The Morgan fingerprint density at radius 1 is 1.17 bits per heavy atom. The van der Waals surface area contributed by atoms with Gasteiger partial charge in [-0.15, -0.1) is 0 Å². The van der Waals surface area contributed by atoms with Crippen molar-refractivity contribution in [3.63, 3.8) is 0 Å². The lowest BCUT2D eigenvalue weighted by Crippen LogP contribution is -2.34. The van der Waals surface area contributed by atoms with Crippen LogP contribution >= 0.6 is 12.2 Å². The molecule has 0 unspecified atom stereocenters. The van der Waals surface area contributed by atoms with Crippen LogP contribution in [0.5, 0.6) is 5.75 Å². The van der Waals surface area contributed by atoms with Crippen molar-refractivity contribution in [1.82, 2.24) is 10.2 Å². The monoisotopic (exact) mass is 416 g/mol. The number of rotatable bonds is 8. The highest BCUT2D eigenvalue weighted by Gasteiger charge is 2.18. The first-order chi connectivity index (χ1) is 13.9. The number of nitrogens with one attached hydrogen (secondary N) is 2. The molecule has 0 bridgehead atoms. The van der Waals surface area contributed by atoms with Gasteiger partial charge in [-0.2, -0.15) is 0 Å². The molecule has 154 valence electrons. The summed E-state index contributed by atoms with van der Waals surface area (Å²) >= 11 is 5.18. The fourth-order valence-electron chi connectivity index (χ4n) is 2.71. The average molecular weight is 417 g/mol. The molecule has 0 fully saturated rings. The fraction of sp³-hybridized carbons (Fsp3) is 0.300. The summed E-state index contributed by atoms with van der Waals surface area (Å²) in [6.45, 7) is 7.08. The molecule has 0 atom stereocenters. The molecule has 8 nitrogen and oxygen atoms in total. The van der Waals surface area contributed by atoms with Crippen molar-refractivity contribution in [3.8, 4) is 5.75 Å². The summed E-state index contributed by atoms with van der Waals surface area (Å²) in [4.78, 5) is 25.2. The molecule has 1 amide bonds. The second kappa shape index (κ2) is 10.5. The summed E-state index contributed by atoms with van der Waals surface area (Å²) < 4.78 is 4.93. The lowest BCUT2D eigenvalue weighted by atomic mass is 10.1. The molecule has 9 heteroatoms. The Kier molecular flexibility index (Phi) is 8.05. The maximum atomic E-state index is 12.4. The van der Waals surface area contributed by atoms with Crippen molar-refractivity contribution in [2.75, 3.05) is 25.5 Å². The van der Waals surface area contributed by atoms with Gasteiger partial charge in [0.15, 0.2) is 10.9 Å². The van der Waals surface area contributed by atoms with E-state index in [0.29, 0.717) is 0 Å². The van der Waals surface area contributed by atoms with Crippen LogP contribution in [-0.2, 0) is 6.54 Å². The molecular weight excluding hydrogens is 392 g/mol. The number of amides is 1. The zero-order valence-corrected chi connectivity index (χ0v) is 17.4. The number of carbonyl (C=O) groups is 1. The number of hydrogen-bond donors (Lipinski definition) is 2. The number of hydrogen-bond acceptors (Lipinski definition) is 6. The molecule has 0 heterocycles. The first-order valence-electron chi connectivity index (χ1n) is 9.14. The Balaban J connectivity index is 1.99. The number of nitro groups is 1. The first-order valence-corrected chi connectivity index (χ1v) is 9.54. The number of benzene rings is 2. The van der Waals surface area contributed by atoms with Crippen LogP contribution < -0.4 is 15.4 Å². The van der Waals surface area contributed by atoms with Gasteiger partial charge in [-0.05, 0) is 55.1 Å². The SMILES string of the molecule is CCN(CC)Cc1ccc(NC(=S)NC(=O)c2ccc(OC)c([N+](=O)[O-])c2)cc1. The third-order valence-electron chi connectivity index (χ3n) is 4.38. The van der Waals surface area contributed by atoms with Gasteiger partial charge in [0, 0.05) is 23.9 Å². The summed E-state index contributed by atoms with van der Waals surface area (Å²) in [5, 5.41) is 16.7. The Morgan fingerprint density at radius 3 is 2.38 bits per heavy atom. The number of nitro benzene ring substituents is 1. The highest BCUT2D eigenvalue weighted by molar-refractivity contribution is 7.80. The van der Waals surface area contributed by atoms with Crippen LogP contribution in [0.3, 0.4) is 0 Å². The molecule has 0 saturated heterocycles. The molecular formula is C20H24N4O4S. The van der Waals surface area contributed by atoms with Gasteiger partial charge in [0.1, 0.15) is 0 Å². The highest BCUT2D eigenvalue weighted by Crippen LogP contribution is 2.27. The van der Waals surface area contributed by atoms with Gasteiger partial charge < -0.3 is 10.1 Å². The van der Waals surface area contributed by atoms with Crippen LogP contribution in [0.25, 0.3) is 0 Å². The van der Waals surface area contributed by atoms with Crippen molar-refractivity contribution in [2.45, 2.75) is 20.4 Å². The molecule has 2 N–H and O–H groups in total. The molecule has 0 saturated carbocycles. The molecule has 0 spiro atoms. The van der Waals surface area contributed by atoms with Crippen molar-refractivity contribution in [3.05, 3.63) is 63.7 Å². The van der Waals surface area contributed by atoms with Gasteiger partial charge in [-0.25, -0.2) is 0 Å². The highest BCUT2D eigenvalue weighted by atomic mass is 32.1. The normalized spacial score (nSPS) is 10.5. The quantitative estimate of drug-likeness (QED) is 0.386. The number of thiocarbonyl (C=S) groups is 1. The van der Waals surface area contributed by atoms with E-state index in [1.807, 2.05) is 24.3 Å². The molecule has 0 aromatic heterocycles. The minimum atomic E-state index is -0.605. The molecule has 29 heavy (non-hydrogen) atoms. The van der Waals surface area contributed by atoms with E-state index in [-0.39, 0.29) is 22.1 Å². The van der Waals surface area contributed by atoms with Gasteiger partial charge >= 0.3 is 5.69 Å². The van der Waals surface area contributed by atoms with Crippen LogP contribution in [0.2, 0.25) is 0 Å². The van der Waals surface area contributed by atoms with E-state index in [1.54, 1.807) is 0 Å². The maximum Gasteiger partial charge on any atom is 0.311 e. The lowest BCUT2D eigenvalue weighted by molar-refractivity contribution is -0.385. The van der Waals surface area contributed by atoms with Crippen molar-refractivity contribution >= 4 is 34.6 Å². The molecule has 0 aliphatic rings. The van der Waals surface area contributed by atoms with E-state index in [1.165, 1.54) is 24.8 Å². The predicted octanol–water partition coefficient (Wildman–Crippen LogP) is 3.57. The Bertz CT molecular complexity index is 883. The Morgan fingerprint density at radius 2 is 1.83 bits per heavy atom. The minimum absolute atomic E-state index is 0.0806. The zero-order valence-electron chi connectivity index (χ0n) is 16.6. The van der Waals surface area contributed by atoms with Gasteiger partial charge in [-0.3, -0.25) is 25.1 Å². The van der Waals surface area contributed by atoms with Crippen LogP contribution in [0, 0.1) is 10.1 Å². The van der Waals surface area contributed by atoms with E-state index in [4.69, 9.17) is 17.0 Å². The third kappa shape index (κ3) is 6.23. The predicted molar refractivity (Wildman–Crippen MR) is 116 cm³/mol. The van der Waals surface area contributed by atoms with E-state index >= 15 is 0 Å². The van der Waals surface area contributed by atoms with Crippen molar-refractivity contribution < 1.29 is 14.5 Å². The second-order valence-electron chi connectivity index (χ2n) is 6.21. The summed E-state index contributed by atoms with van der Waals surface area (Å²) in [6, 6.07) is 11.7. The van der Waals surface area contributed by atoms with Crippen LogP contribution in [-0.4, -0.2) is 41.0 Å². The molecule has 2 aromatic carbocycles. The molecule has 2 aromatic rings. The van der Waals surface area contributed by atoms with Gasteiger partial charge in [-0.1, -0.05) is 26.0 Å². The van der Waals surface area contributed by atoms with Crippen molar-refractivity contribution in [2.24, 2.45) is 0 Å². The summed E-state index contributed by atoms with van der Waals surface area (Å²) in [5.41, 5.74) is 1.73. The zero-order chi connectivity index (χ0) is 21.4. The summed E-state index contributed by atoms with van der Waals surface area (Å²) in [6.07, 6.45) is 0. The lowest BCUT2D eigenvalue weighted by Gasteiger charge is -2.18. The van der Waals surface area contributed by atoms with Gasteiger partial charge in [0.05, 0.1) is 12.0 Å². The molecule has 0 aliphatic carbocycles.